The average molecular weight is 1210 g/mol. The van der Waals surface area contributed by atoms with Gasteiger partial charge in [-0.15, -0.1) is 0 Å². The molecule has 20 rings (SSSR count). The second-order valence-electron chi connectivity index (χ2n) is 24.6. The monoisotopic (exact) mass is 1210 g/mol. The first-order chi connectivity index (χ1) is 46.4. The number of halogens is 3. The lowest BCUT2D eigenvalue weighted by atomic mass is 9.93. The van der Waals surface area contributed by atoms with Crippen molar-refractivity contribution < 1.29 is 13.2 Å². The van der Waals surface area contributed by atoms with Crippen molar-refractivity contribution in [3.8, 4) is 45.3 Å². The fourth-order valence-corrected chi connectivity index (χ4v) is 16.1. The number of benzene rings is 14. The van der Waals surface area contributed by atoms with Gasteiger partial charge in [-0.2, -0.15) is 13.2 Å². The lowest BCUT2D eigenvalue weighted by molar-refractivity contribution is -0.137. The summed E-state index contributed by atoms with van der Waals surface area (Å²) in [5.74, 6) is 0. The number of para-hydroxylation sites is 11. The van der Waals surface area contributed by atoms with E-state index in [1.165, 1.54) is 12.1 Å². The number of nitrogens with zero attached hydrogens (tertiary/aromatic N) is 6. The molecule has 6 aromatic heterocycles. The predicted octanol–water partition coefficient (Wildman–Crippen LogP) is 23.0. The summed E-state index contributed by atoms with van der Waals surface area (Å²) in [7, 11) is 0. The molecule has 0 bridgehead atoms. The second-order valence-corrected chi connectivity index (χ2v) is 24.6. The third kappa shape index (κ3) is 7.15. The van der Waals surface area contributed by atoms with Crippen LogP contribution < -0.4 is 0 Å². The topological polar surface area (TPSA) is 29.6 Å². The van der Waals surface area contributed by atoms with Gasteiger partial charge in [0.2, 0.25) is 0 Å². The van der Waals surface area contributed by atoms with Gasteiger partial charge in [-0.25, -0.2) is 0 Å². The highest BCUT2D eigenvalue weighted by atomic mass is 19.4. The molecule has 0 saturated heterocycles. The smallest absolute Gasteiger partial charge is 0.309 e. The van der Waals surface area contributed by atoms with Crippen molar-refractivity contribution in [1.29, 1.82) is 0 Å². The number of rotatable bonds is 7. The molecular formula is C85H51F3N6. The minimum Gasteiger partial charge on any atom is -0.309 e. The Kier molecular flexibility index (Phi) is 10.9. The molecule has 0 saturated carbocycles. The lowest BCUT2D eigenvalue weighted by Crippen LogP contribution is -2.18. The van der Waals surface area contributed by atoms with Crippen molar-refractivity contribution in [3.05, 3.63) is 315 Å². The molecule has 0 N–H and O–H groups in total. The molecule has 0 atom stereocenters. The molecule has 0 aliphatic heterocycles. The molecule has 442 valence electrons. The Morgan fingerprint density at radius 3 is 0.872 bits per heavy atom. The highest BCUT2D eigenvalue weighted by Crippen LogP contribution is 2.55. The van der Waals surface area contributed by atoms with Gasteiger partial charge in [0, 0.05) is 75.9 Å². The Hall–Kier alpha value is -12.3. The largest absolute Gasteiger partial charge is 0.416 e. The van der Waals surface area contributed by atoms with Gasteiger partial charge >= 0.3 is 6.18 Å². The minimum atomic E-state index is -4.71. The van der Waals surface area contributed by atoms with Crippen LogP contribution in [0.1, 0.15) is 5.56 Å². The van der Waals surface area contributed by atoms with Crippen LogP contribution in [0.3, 0.4) is 0 Å². The highest BCUT2D eigenvalue weighted by molar-refractivity contribution is 6.27. The maximum absolute atomic E-state index is 16.2. The first-order valence-electron chi connectivity index (χ1n) is 31.8. The molecule has 9 heteroatoms. The zero-order valence-corrected chi connectivity index (χ0v) is 50.3. The van der Waals surface area contributed by atoms with E-state index >= 15 is 13.2 Å². The third-order valence-corrected chi connectivity index (χ3v) is 19.8. The molecule has 0 spiro atoms. The number of fused-ring (bicyclic) bond motifs is 19. The maximum atomic E-state index is 16.2. The molecule has 0 fully saturated rings. The standard InChI is InChI=1S/C85H51F3N6/c86-85(87,88)53-26-24-25-52(51-53)77-80(90-67-40-15-4-29-55(67)56-30-5-16-41-68(56)90)82(92-71-44-19-8-33-59(71)60-34-9-20-45-72(60)92)84(94-75-48-23-13-38-65(75)78-76(94)50-49-64-63-37-12-14-39-66(63)89(79(64)78)54-27-2-1-3-28-54)83(93-73-46-21-10-35-61(73)62-36-11-22-47-74(62)93)81(77)91-69-42-17-6-31-57(69)58-32-7-18-43-70(58)91/h1-51H. The second kappa shape index (κ2) is 19.6. The number of aromatic nitrogens is 6. The van der Waals surface area contributed by atoms with Crippen LogP contribution in [-0.4, -0.2) is 27.4 Å². The summed E-state index contributed by atoms with van der Waals surface area (Å²) >= 11 is 0. The van der Waals surface area contributed by atoms with Gasteiger partial charge in [-0.05, 0) is 96.6 Å². The average Bonchev–Trinajstić information content (AvgIpc) is 1.03. The molecule has 20 aromatic rings. The van der Waals surface area contributed by atoms with E-state index in [1.54, 1.807) is 6.07 Å². The first kappa shape index (κ1) is 52.4. The molecule has 0 aliphatic rings. The maximum Gasteiger partial charge on any atom is 0.416 e. The SMILES string of the molecule is FC(F)(F)c1cccc(-c2c(-n3c4ccccc4c4ccccc43)c(-n3c4ccccc4c4ccccc43)c(-n3c4ccccc4c4c3ccc3c5ccccc5n(-c5ccccc5)c34)c(-n3c4ccccc4c4ccccc43)c2-n2c3ccccc3c3ccccc32)c1. The van der Waals surface area contributed by atoms with Crippen LogP contribution in [0.25, 0.3) is 176 Å². The zero-order valence-electron chi connectivity index (χ0n) is 50.3. The van der Waals surface area contributed by atoms with Crippen LogP contribution >= 0.6 is 0 Å². The van der Waals surface area contributed by atoms with Gasteiger partial charge in [-0.3, -0.25) is 0 Å². The number of hydrogen-bond acceptors (Lipinski definition) is 0. The number of alkyl halides is 3. The fraction of sp³-hybridized carbons (Fsp3) is 0.0118. The number of hydrogen-bond donors (Lipinski definition) is 0. The Balaban J connectivity index is 1.18. The summed E-state index contributed by atoms with van der Waals surface area (Å²) in [6.45, 7) is 0. The van der Waals surface area contributed by atoms with E-state index in [1.807, 2.05) is 6.07 Å². The normalized spacial score (nSPS) is 12.4. The molecule has 0 amide bonds. The molecule has 94 heavy (non-hydrogen) atoms. The van der Waals surface area contributed by atoms with Gasteiger partial charge in [0.15, 0.2) is 0 Å². The van der Waals surface area contributed by atoms with Gasteiger partial charge in [0.25, 0.3) is 0 Å². The van der Waals surface area contributed by atoms with Crippen molar-refractivity contribution in [2.45, 2.75) is 6.18 Å². The van der Waals surface area contributed by atoms with E-state index in [-0.39, 0.29) is 0 Å². The van der Waals surface area contributed by atoms with Crippen molar-refractivity contribution >= 4 is 131 Å². The summed E-state index contributed by atoms with van der Waals surface area (Å²) in [5, 5.41) is 12.4. The van der Waals surface area contributed by atoms with Crippen molar-refractivity contribution in [1.82, 2.24) is 27.4 Å². The van der Waals surface area contributed by atoms with E-state index in [0.29, 0.717) is 22.5 Å². The Morgan fingerprint density at radius 2 is 0.500 bits per heavy atom. The van der Waals surface area contributed by atoms with E-state index in [0.717, 1.165) is 154 Å². The molecule has 0 radical (unpaired) electrons. The van der Waals surface area contributed by atoms with Crippen LogP contribution in [0.15, 0.2) is 309 Å². The van der Waals surface area contributed by atoms with E-state index in [2.05, 4.69) is 313 Å². The van der Waals surface area contributed by atoms with Crippen LogP contribution in [0.5, 0.6) is 0 Å². The van der Waals surface area contributed by atoms with Gasteiger partial charge in [0.05, 0.1) is 100 Å². The molecular weight excluding hydrogens is 1160 g/mol. The summed E-state index contributed by atoms with van der Waals surface area (Å²) in [6.07, 6.45) is -4.71. The molecule has 0 unspecified atom stereocenters. The zero-order chi connectivity index (χ0) is 62.1. The molecule has 0 aliphatic carbocycles. The minimum absolute atomic E-state index is 0.385. The fourth-order valence-electron chi connectivity index (χ4n) is 16.1. The van der Waals surface area contributed by atoms with E-state index in [4.69, 9.17) is 0 Å². The van der Waals surface area contributed by atoms with Gasteiger partial charge < -0.3 is 27.4 Å². The summed E-state index contributed by atoms with van der Waals surface area (Å²) in [4.78, 5) is 0. The molecule has 6 nitrogen and oxygen atoms in total. The lowest BCUT2D eigenvalue weighted by Gasteiger charge is -2.32. The third-order valence-electron chi connectivity index (χ3n) is 19.8. The Bertz CT molecular complexity index is 6140. The van der Waals surface area contributed by atoms with Crippen molar-refractivity contribution in [2.75, 3.05) is 0 Å². The predicted molar refractivity (Wildman–Crippen MR) is 383 cm³/mol. The summed E-state index contributed by atoms with van der Waals surface area (Å²) < 4.78 is 63.2. The van der Waals surface area contributed by atoms with Crippen LogP contribution in [0, 0.1) is 0 Å². The molecule has 14 aromatic carbocycles. The van der Waals surface area contributed by atoms with Crippen molar-refractivity contribution in [2.24, 2.45) is 0 Å². The molecule has 6 heterocycles. The summed E-state index contributed by atoms with van der Waals surface area (Å²) in [5.41, 5.74) is 16.2. The van der Waals surface area contributed by atoms with Crippen LogP contribution in [-0.2, 0) is 6.18 Å². The van der Waals surface area contributed by atoms with E-state index in [9.17, 15) is 0 Å². The first-order valence-corrected chi connectivity index (χ1v) is 31.8. The van der Waals surface area contributed by atoms with Crippen LogP contribution in [0.4, 0.5) is 13.2 Å². The Labute approximate surface area is 534 Å². The van der Waals surface area contributed by atoms with Crippen LogP contribution in [0.2, 0.25) is 0 Å². The van der Waals surface area contributed by atoms with E-state index < -0.39 is 11.7 Å². The van der Waals surface area contributed by atoms with Gasteiger partial charge in [0.1, 0.15) is 0 Å². The van der Waals surface area contributed by atoms with Gasteiger partial charge in [-0.1, -0.05) is 218 Å². The quantitative estimate of drug-likeness (QED) is 0.152. The highest BCUT2D eigenvalue weighted by Gasteiger charge is 2.38. The Morgan fingerprint density at radius 1 is 0.213 bits per heavy atom. The van der Waals surface area contributed by atoms with Crippen molar-refractivity contribution in [3.63, 3.8) is 0 Å². The summed E-state index contributed by atoms with van der Waals surface area (Å²) in [6, 6.07) is 107.